The topological polar surface area (TPSA) is 94.0 Å². The minimum atomic E-state index is -0.627. The summed E-state index contributed by atoms with van der Waals surface area (Å²) in [5.74, 6) is -0.368. The Hall–Kier alpha value is -2.44. The van der Waals surface area contributed by atoms with Gasteiger partial charge in [-0.15, -0.1) is 0 Å². The smallest absolute Gasteiger partial charge is 0.253 e. The Balaban J connectivity index is 2.06. The second kappa shape index (κ2) is 4.82. The molecule has 94 valence electrons. The van der Waals surface area contributed by atoms with E-state index in [0.717, 1.165) is 0 Å². The average Bonchev–Trinajstić information content (AvgIpc) is 2.76. The third kappa shape index (κ3) is 2.45. The lowest BCUT2D eigenvalue weighted by molar-refractivity contribution is 0.0950. The number of hydrogen-bond donors (Lipinski definition) is 2. The fourth-order valence-electron chi connectivity index (χ4n) is 1.40. The van der Waals surface area contributed by atoms with Gasteiger partial charge in [0, 0.05) is 6.92 Å². The van der Waals surface area contributed by atoms with Gasteiger partial charge in [0.2, 0.25) is 5.89 Å². The molecule has 0 spiro atoms. The number of nitrogens with one attached hydrogen (secondary N) is 1. The third-order valence-corrected chi connectivity index (χ3v) is 2.27. The molecule has 6 nitrogen and oxygen atoms in total. The molecule has 0 unspecified atom stereocenters. The Morgan fingerprint density at radius 2 is 2.33 bits per heavy atom. The fourth-order valence-corrected chi connectivity index (χ4v) is 1.40. The summed E-state index contributed by atoms with van der Waals surface area (Å²) in [5.41, 5.74) is 5.37. The number of anilines is 1. The van der Waals surface area contributed by atoms with Crippen LogP contribution < -0.4 is 11.1 Å². The summed E-state index contributed by atoms with van der Waals surface area (Å²) in [6, 6.07) is 4.04. The van der Waals surface area contributed by atoms with Crippen molar-refractivity contribution in [3.8, 4) is 0 Å². The van der Waals surface area contributed by atoms with Crippen LogP contribution in [0.2, 0.25) is 0 Å². The van der Waals surface area contributed by atoms with Crippen LogP contribution in [0.25, 0.3) is 0 Å². The Bertz CT molecular complexity index is 582. The summed E-state index contributed by atoms with van der Waals surface area (Å²) in [6.45, 7) is 1.73. The number of aryl methyl sites for hydroxylation is 1. The van der Waals surface area contributed by atoms with Crippen molar-refractivity contribution in [1.29, 1.82) is 0 Å². The first-order valence-electron chi connectivity index (χ1n) is 5.19. The third-order valence-electron chi connectivity index (χ3n) is 2.27. The van der Waals surface area contributed by atoms with Crippen molar-refractivity contribution in [2.75, 3.05) is 5.73 Å². The number of carbonyl (C=O) groups excluding carboxylic acids is 1. The summed E-state index contributed by atoms with van der Waals surface area (Å²) in [6.07, 6.45) is 0. The molecule has 0 bridgehead atoms. The van der Waals surface area contributed by atoms with E-state index >= 15 is 0 Å². The molecule has 1 aromatic heterocycles. The summed E-state index contributed by atoms with van der Waals surface area (Å²) in [4.78, 5) is 15.7. The highest BCUT2D eigenvalue weighted by Crippen LogP contribution is 2.15. The zero-order chi connectivity index (χ0) is 13.1. The summed E-state index contributed by atoms with van der Waals surface area (Å²) in [7, 11) is 0. The van der Waals surface area contributed by atoms with Crippen LogP contribution in [0.15, 0.2) is 22.7 Å². The summed E-state index contributed by atoms with van der Waals surface area (Å²) >= 11 is 0. The number of nitrogens with zero attached hydrogens (tertiary/aromatic N) is 2. The van der Waals surface area contributed by atoms with Crippen molar-refractivity contribution in [3.05, 3.63) is 41.3 Å². The summed E-state index contributed by atoms with van der Waals surface area (Å²) in [5, 5.41) is 6.14. The van der Waals surface area contributed by atoms with Gasteiger partial charge < -0.3 is 15.6 Å². The zero-order valence-electron chi connectivity index (χ0n) is 9.61. The lowest BCUT2D eigenvalue weighted by Gasteiger charge is -2.06. The second-order valence-corrected chi connectivity index (χ2v) is 3.61. The van der Waals surface area contributed by atoms with Crippen molar-refractivity contribution in [2.45, 2.75) is 13.5 Å². The fraction of sp³-hybridized carbons (Fsp3) is 0.182. The Morgan fingerprint density at radius 3 is 3.00 bits per heavy atom. The highest BCUT2D eigenvalue weighted by atomic mass is 19.1. The first-order valence-corrected chi connectivity index (χ1v) is 5.19. The predicted molar refractivity (Wildman–Crippen MR) is 61.0 cm³/mol. The van der Waals surface area contributed by atoms with E-state index in [4.69, 9.17) is 10.3 Å². The van der Waals surface area contributed by atoms with Crippen molar-refractivity contribution < 1.29 is 13.7 Å². The van der Waals surface area contributed by atoms with Gasteiger partial charge >= 0.3 is 0 Å². The largest absolute Gasteiger partial charge is 0.396 e. The van der Waals surface area contributed by atoms with Gasteiger partial charge in [-0.2, -0.15) is 4.98 Å². The maximum atomic E-state index is 13.2. The van der Waals surface area contributed by atoms with E-state index in [1.54, 1.807) is 6.92 Å². The van der Waals surface area contributed by atoms with E-state index in [2.05, 4.69) is 15.5 Å². The number of carbonyl (C=O) groups is 1. The molecular formula is C11H11FN4O2. The van der Waals surface area contributed by atoms with Gasteiger partial charge in [-0.1, -0.05) is 11.2 Å². The number of halogens is 1. The number of nitrogen functional groups attached to an aromatic ring is 1. The number of benzene rings is 1. The number of aromatic nitrogens is 2. The number of nitrogens with two attached hydrogens (primary N) is 1. The molecule has 0 saturated heterocycles. The molecule has 3 N–H and O–H groups in total. The van der Waals surface area contributed by atoms with Crippen LogP contribution >= 0.6 is 0 Å². The summed E-state index contributed by atoms with van der Waals surface area (Å²) < 4.78 is 17.9. The van der Waals surface area contributed by atoms with Gasteiger partial charge in [-0.05, 0) is 12.1 Å². The lowest BCUT2D eigenvalue weighted by atomic mass is 10.1. The maximum Gasteiger partial charge on any atom is 0.253 e. The van der Waals surface area contributed by atoms with Gasteiger partial charge in [-0.25, -0.2) is 4.39 Å². The van der Waals surface area contributed by atoms with Crippen LogP contribution in [0.1, 0.15) is 22.1 Å². The Labute approximate surface area is 102 Å². The first kappa shape index (κ1) is 12.0. The van der Waals surface area contributed by atoms with Crippen LogP contribution in [0.3, 0.4) is 0 Å². The number of amides is 1. The highest BCUT2D eigenvalue weighted by molar-refractivity contribution is 5.99. The molecule has 0 atom stereocenters. The number of para-hydroxylation sites is 1. The van der Waals surface area contributed by atoms with Crippen LogP contribution in [0.5, 0.6) is 0 Å². The molecule has 2 rings (SSSR count). The van der Waals surface area contributed by atoms with Crippen LogP contribution in [-0.2, 0) is 6.54 Å². The van der Waals surface area contributed by atoms with Gasteiger partial charge in [0.05, 0.1) is 17.8 Å². The number of hydrogen-bond acceptors (Lipinski definition) is 5. The molecule has 0 radical (unpaired) electrons. The van der Waals surface area contributed by atoms with Crippen LogP contribution in [0, 0.1) is 12.7 Å². The van der Waals surface area contributed by atoms with Crippen molar-refractivity contribution in [3.63, 3.8) is 0 Å². The van der Waals surface area contributed by atoms with Gasteiger partial charge in [0.25, 0.3) is 5.91 Å². The maximum absolute atomic E-state index is 13.2. The number of rotatable bonds is 3. The van der Waals surface area contributed by atoms with Gasteiger partial charge in [0.1, 0.15) is 5.82 Å². The minimum absolute atomic E-state index is 0.0789. The molecule has 0 aliphatic carbocycles. The van der Waals surface area contributed by atoms with E-state index in [9.17, 15) is 9.18 Å². The van der Waals surface area contributed by atoms with Crippen LogP contribution in [-0.4, -0.2) is 16.0 Å². The zero-order valence-corrected chi connectivity index (χ0v) is 9.61. The standard InChI is InChI=1S/C11H11FN4O2/c1-6-15-9(16-18-6)5-14-11(17)7-3-2-4-8(12)10(7)13/h2-4H,5,13H2,1H3,(H,14,17). The molecule has 0 saturated carbocycles. The van der Waals surface area contributed by atoms with E-state index in [1.165, 1.54) is 18.2 Å². The van der Waals surface area contributed by atoms with Crippen molar-refractivity contribution >= 4 is 11.6 Å². The highest BCUT2D eigenvalue weighted by Gasteiger charge is 2.13. The average molecular weight is 250 g/mol. The molecular weight excluding hydrogens is 239 g/mol. The molecule has 2 aromatic rings. The molecule has 1 aromatic carbocycles. The minimum Gasteiger partial charge on any atom is -0.396 e. The lowest BCUT2D eigenvalue weighted by Crippen LogP contribution is -2.24. The van der Waals surface area contributed by atoms with E-state index in [-0.39, 0.29) is 17.8 Å². The normalized spacial score (nSPS) is 10.3. The molecule has 7 heteroatoms. The monoisotopic (exact) mass is 250 g/mol. The Kier molecular flexibility index (Phi) is 3.22. The van der Waals surface area contributed by atoms with Crippen LogP contribution in [0.4, 0.5) is 10.1 Å². The molecule has 0 fully saturated rings. The molecule has 1 amide bonds. The molecule has 0 aliphatic rings. The van der Waals surface area contributed by atoms with E-state index in [0.29, 0.717) is 11.7 Å². The predicted octanol–water partition coefficient (Wildman–Crippen LogP) is 1.03. The van der Waals surface area contributed by atoms with E-state index < -0.39 is 11.7 Å². The first-order chi connectivity index (χ1) is 8.58. The molecule has 18 heavy (non-hydrogen) atoms. The van der Waals surface area contributed by atoms with E-state index in [1.807, 2.05) is 0 Å². The van der Waals surface area contributed by atoms with Crippen molar-refractivity contribution in [1.82, 2.24) is 15.5 Å². The molecule has 0 aliphatic heterocycles. The van der Waals surface area contributed by atoms with Crippen molar-refractivity contribution in [2.24, 2.45) is 0 Å². The Morgan fingerprint density at radius 1 is 1.56 bits per heavy atom. The molecule has 1 heterocycles. The quantitative estimate of drug-likeness (QED) is 0.793. The van der Waals surface area contributed by atoms with Gasteiger partial charge in [-0.3, -0.25) is 4.79 Å². The van der Waals surface area contributed by atoms with Gasteiger partial charge in [0.15, 0.2) is 5.82 Å². The SMILES string of the molecule is Cc1nc(CNC(=O)c2cccc(F)c2N)no1. The second-order valence-electron chi connectivity index (χ2n) is 3.61.